The quantitative estimate of drug-likeness (QED) is 0.320. The summed E-state index contributed by atoms with van der Waals surface area (Å²) in [5, 5.41) is 24.4. The van der Waals surface area contributed by atoms with E-state index in [9.17, 15) is 23.3 Å². The number of sulfonamides is 1. The summed E-state index contributed by atoms with van der Waals surface area (Å²) in [5.41, 5.74) is 2.90. The van der Waals surface area contributed by atoms with Crippen molar-refractivity contribution in [2.24, 2.45) is 5.14 Å². The highest BCUT2D eigenvalue weighted by atomic mass is 32.2. The fourth-order valence-corrected chi connectivity index (χ4v) is 5.44. The first-order chi connectivity index (χ1) is 18.6. The number of carbonyl (C=O) groups is 2. The van der Waals surface area contributed by atoms with Crippen molar-refractivity contribution in [3.63, 3.8) is 0 Å². The van der Waals surface area contributed by atoms with Gasteiger partial charge in [0.15, 0.2) is 0 Å². The number of nitrogens with one attached hydrogen (secondary N) is 3. The molecular weight excluding hydrogens is 538 g/mol. The number of primary sulfonamides is 1. The van der Waals surface area contributed by atoms with Gasteiger partial charge in [0.05, 0.1) is 45.1 Å². The minimum Gasteiger partial charge on any atom is -0.468 e. The van der Waals surface area contributed by atoms with E-state index in [1.165, 1.54) is 30.5 Å². The van der Waals surface area contributed by atoms with E-state index < -0.39 is 21.8 Å². The number of benzene rings is 2. The number of allylic oxidation sites excluding steroid dienone is 2. The molecule has 2 amide bonds. The highest BCUT2D eigenvalue weighted by Gasteiger charge is 2.36. The first-order valence-electron chi connectivity index (χ1n) is 11.7. The summed E-state index contributed by atoms with van der Waals surface area (Å²) in [5.74, 6) is -1.19. The van der Waals surface area contributed by atoms with Crippen LogP contribution in [0.1, 0.15) is 24.2 Å². The Labute approximate surface area is 230 Å². The lowest BCUT2D eigenvalue weighted by molar-refractivity contribution is -0.114. The Morgan fingerprint density at radius 2 is 1.79 bits per heavy atom. The molecule has 5 N–H and O–H groups in total. The first-order valence-corrected chi connectivity index (χ1v) is 14.2. The van der Waals surface area contributed by atoms with Gasteiger partial charge in [-0.2, -0.15) is 5.26 Å². The second-order valence-electron chi connectivity index (χ2n) is 8.64. The molecule has 0 radical (unpaired) electrons. The Hall–Kier alpha value is -4.31. The van der Waals surface area contributed by atoms with Gasteiger partial charge in [-0.05, 0) is 61.9 Å². The number of dihydropyridines is 1. The maximum atomic E-state index is 13.4. The summed E-state index contributed by atoms with van der Waals surface area (Å²) in [6.45, 7) is 3.59. The number of carbonyl (C=O) groups excluding carboxylic acids is 2. The number of para-hydroxylation sites is 1. The van der Waals surface area contributed by atoms with Crippen LogP contribution in [0.5, 0.6) is 0 Å². The number of thioether (sulfide) groups is 1. The molecule has 3 aromatic rings. The Balaban J connectivity index is 1.58. The van der Waals surface area contributed by atoms with Gasteiger partial charge in [-0.3, -0.25) is 9.59 Å². The summed E-state index contributed by atoms with van der Waals surface area (Å²) in [6.07, 6.45) is 1.45. The lowest BCUT2D eigenvalue weighted by atomic mass is 9.85. The average molecular weight is 564 g/mol. The normalized spacial score (nSPS) is 15.4. The smallest absolute Gasteiger partial charge is 0.254 e. The molecule has 0 spiro atoms. The zero-order valence-electron chi connectivity index (χ0n) is 21.0. The van der Waals surface area contributed by atoms with Crippen molar-refractivity contribution >= 4 is 45.0 Å². The van der Waals surface area contributed by atoms with Crippen LogP contribution in [0.2, 0.25) is 0 Å². The maximum Gasteiger partial charge on any atom is 0.254 e. The van der Waals surface area contributed by atoms with Crippen LogP contribution in [0, 0.1) is 18.3 Å². The van der Waals surface area contributed by atoms with E-state index in [4.69, 9.17) is 9.56 Å². The zero-order valence-corrected chi connectivity index (χ0v) is 22.7. The molecule has 39 heavy (non-hydrogen) atoms. The fourth-order valence-electron chi connectivity index (χ4n) is 4.03. The third kappa shape index (κ3) is 6.40. The molecule has 1 aromatic heterocycles. The van der Waals surface area contributed by atoms with Crippen molar-refractivity contribution < 1.29 is 22.4 Å². The summed E-state index contributed by atoms with van der Waals surface area (Å²) in [4.78, 5) is 26.0. The van der Waals surface area contributed by atoms with Gasteiger partial charge in [0.2, 0.25) is 15.9 Å². The molecule has 0 saturated heterocycles. The molecule has 0 fully saturated rings. The lowest BCUT2D eigenvalue weighted by Crippen LogP contribution is -2.31. The Morgan fingerprint density at radius 1 is 1.08 bits per heavy atom. The van der Waals surface area contributed by atoms with Crippen LogP contribution in [0.15, 0.2) is 98.1 Å². The van der Waals surface area contributed by atoms with Gasteiger partial charge in [-0.1, -0.05) is 30.0 Å². The van der Waals surface area contributed by atoms with E-state index >= 15 is 0 Å². The third-order valence-corrected chi connectivity index (χ3v) is 7.87. The molecule has 1 aliphatic heterocycles. The second kappa shape index (κ2) is 11.6. The fraction of sp³-hybridized carbons (Fsp3) is 0.148. The number of aryl methyl sites for hydroxylation is 1. The minimum atomic E-state index is -3.88. The molecule has 0 saturated carbocycles. The molecule has 4 rings (SSSR count). The Morgan fingerprint density at radius 3 is 2.41 bits per heavy atom. The monoisotopic (exact) mass is 563 g/mol. The highest BCUT2D eigenvalue weighted by Crippen LogP contribution is 2.41. The molecule has 12 heteroatoms. The van der Waals surface area contributed by atoms with Gasteiger partial charge in [0.25, 0.3) is 5.91 Å². The number of hydrogen-bond acceptors (Lipinski definition) is 8. The molecular formula is C27H25N5O5S2. The van der Waals surface area contributed by atoms with Crippen LogP contribution in [-0.2, 0) is 19.6 Å². The summed E-state index contributed by atoms with van der Waals surface area (Å²) < 4.78 is 28.7. The number of amides is 2. The summed E-state index contributed by atoms with van der Waals surface area (Å²) in [7, 11) is -3.88. The number of rotatable bonds is 8. The number of nitrogens with two attached hydrogens (primary N) is 1. The van der Waals surface area contributed by atoms with Gasteiger partial charge in [-0.15, -0.1) is 0 Å². The van der Waals surface area contributed by atoms with Gasteiger partial charge in [0, 0.05) is 17.1 Å². The van der Waals surface area contributed by atoms with E-state index in [1.54, 1.807) is 19.1 Å². The van der Waals surface area contributed by atoms with E-state index in [2.05, 4.69) is 22.0 Å². The van der Waals surface area contributed by atoms with Crippen LogP contribution >= 0.6 is 11.8 Å². The molecule has 0 aliphatic carbocycles. The third-order valence-electron chi connectivity index (χ3n) is 5.93. The second-order valence-corrected chi connectivity index (χ2v) is 11.2. The predicted octanol–water partition coefficient (Wildman–Crippen LogP) is 3.94. The van der Waals surface area contributed by atoms with E-state index in [0.29, 0.717) is 27.9 Å². The number of nitriles is 1. The number of furan rings is 1. The number of hydrogen-bond donors (Lipinski definition) is 4. The molecule has 1 atom stereocenters. The SMILES string of the molecule is CC1=C(C(=O)Nc2ccc(S(N)(=O)=O)cc2)[C@@H](c2ccco2)C(C#N)=C(SCC(=O)Nc2ccccc2C)N1. The number of nitrogens with zero attached hydrogens (tertiary/aromatic N) is 1. The van der Waals surface area contributed by atoms with Crippen molar-refractivity contribution in [3.05, 3.63) is 100 Å². The standard InChI is InChI=1S/C27H25N5O5S2/c1-16-6-3-4-7-21(16)32-23(33)15-38-27-20(14-28)25(22-8-5-13-37-22)24(17(2)30-27)26(34)31-18-9-11-19(12-10-18)39(29,35)36/h3-13,25,30H,15H2,1-2H3,(H,31,34)(H,32,33)(H2,29,35,36)/t25-/m1/s1. The van der Waals surface area contributed by atoms with Crippen LogP contribution in [0.25, 0.3) is 0 Å². The van der Waals surface area contributed by atoms with Gasteiger partial charge >= 0.3 is 0 Å². The minimum absolute atomic E-state index is 0.0257. The molecule has 2 heterocycles. The van der Waals surface area contributed by atoms with Crippen molar-refractivity contribution in [2.75, 3.05) is 16.4 Å². The van der Waals surface area contributed by atoms with Crippen LogP contribution in [0.3, 0.4) is 0 Å². The first kappa shape index (κ1) is 27.7. The predicted molar refractivity (Wildman–Crippen MR) is 149 cm³/mol. The Bertz CT molecular complexity index is 1620. The molecule has 200 valence electrons. The van der Waals surface area contributed by atoms with Gasteiger partial charge in [-0.25, -0.2) is 13.6 Å². The summed E-state index contributed by atoms with van der Waals surface area (Å²) in [6, 6.07) is 18.3. The molecule has 0 unspecified atom stereocenters. The topological polar surface area (TPSA) is 167 Å². The Kier molecular flexibility index (Phi) is 8.25. The lowest BCUT2D eigenvalue weighted by Gasteiger charge is -2.28. The van der Waals surface area contributed by atoms with E-state index in [1.807, 2.05) is 31.2 Å². The highest BCUT2D eigenvalue weighted by molar-refractivity contribution is 8.03. The molecule has 2 aromatic carbocycles. The van der Waals surface area contributed by atoms with Gasteiger partial charge < -0.3 is 20.4 Å². The number of anilines is 2. The van der Waals surface area contributed by atoms with Crippen molar-refractivity contribution in [1.82, 2.24) is 5.32 Å². The van der Waals surface area contributed by atoms with Crippen molar-refractivity contribution in [3.8, 4) is 6.07 Å². The zero-order chi connectivity index (χ0) is 28.2. The van der Waals surface area contributed by atoms with Crippen molar-refractivity contribution in [1.29, 1.82) is 5.26 Å². The average Bonchev–Trinajstić information content (AvgIpc) is 3.43. The van der Waals surface area contributed by atoms with Crippen molar-refractivity contribution in [2.45, 2.75) is 24.7 Å². The van der Waals surface area contributed by atoms with E-state index in [0.717, 1.165) is 17.3 Å². The van der Waals surface area contributed by atoms with Crippen LogP contribution in [-0.4, -0.2) is 26.0 Å². The van der Waals surface area contributed by atoms with Crippen LogP contribution in [0.4, 0.5) is 11.4 Å². The van der Waals surface area contributed by atoms with Gasteiger partial charge in [0.1, 0.15) is 5.76 Å². The summed E-state index contributed by atoms with van der Waals surface area (Å²) >= 11 is 1.15. The maximum absolute atomic E-state index is 13.4. The van der Waals surface area contributed by atoms with E-state index in [-0.39, 0.29) is 27.7 Å². The molecule has 10 nitrogen and oxygen atoms in total. The largest absolute Gasteiger partial charge is 0.468 e. The molecule has 1 aliphatic rings. The molecule has 0 bridgehead atoms. The van der Waals surface area contributed by atoms with Crippen LogP contribution < -0.4 is 21.1 Å².